The maximum atomic E-state index is 11.2. The molecule has 0 saturated carbocycles. The van der Waals surface area contributed by atoms with Crippen molar-refractivity contribution in [3.8, 4) is 0 Å². The van der Waals surface area contributed by atoms with Crippen molar-refractivity contribution in [1.82, 2.24) is 0 Å². The zero-order chi connectivity index (χ0) is 13.9. The zero-order valence-corrected chi connectivity index (χ0v) is 11.3. The third kappa shape index (κ3) is 2.54. The molecule has 0 amide bonds. The van der Waals surface area contributed by atoms with Crippen LogP contribution >= 0.6 is 0 Å². The van der Waals surface area contributed by atoms with Gasteiger partial charge in [0.25, 0.3) is 0 Å². The lowest BCUT2D eigenvalue weighted by Gasteiger charge is -2.22. The summed E-state index contributed by atoms with van der Waals surface area (Å²) in [5.41, 5.74) is 4.32. The molecule has 20 heavy (non-hydrogen) atoms. The standard InChI is InChI=1S/C17H18O3/c18-17(19)10-15(12-4-2-1-3-5-12)14-7-6-13-8-9-20-11-16(13)14/h1-5,10,13H,6-9,11H2,(H,18,19). The fourth-order valence-electron chi connectivity index (χ4n) is 3.22. The molecule has 3 rings (SSSR count). The van der Waals surface area contributed by atoms with Crippen molar-refractivity contribution >= 4 is 11.5 Å². The summed E-state index contributed by atoms with van der Waals surface area (Å²) in [4.78, 5) is 11.2. The van der Waals surface area contributed by atoms with Gasteiger partial charge in [-0.2, -0.15) is 0 Å². The molecule has 1 heterocycles. The van der Waals surface area contributed by atoms with Gasteiger partial charge >= 0.3 is 5.97 Å². The van der Waals surface area contributed by atoms with Crippen molar-refractivity contribution in [2.24, 2.45) is 5.92 Å². The third-order valence-corrected chi connectivity index (χ3v) is 4.17. The van der Waals surface area contributed by atoms with Gasteiger partial charge in [0.1, 0.15) is 0 Å². The molecule has 1 fully saturated rings. The Kier molecular flexibility index (Phi) is 3.70. The number of fused-ring (bicyclic) bond motifs is 1. The van der Waals surface area contributed by atoms with E-state index in [4.69, 9.17) is 4.74 Å². The van der Waals surface area contributed by atoms with Crippen LogP contribution in [0.25, 0.3) is 5.57 Å². The van der Waals surface area contributed by atoms with Gasteiger partial charge in [-0.3, -0.25) is 0 Å². The van der Waals surface area contributed by atoms with Crippen LogP contribution in [0.15, 0.2) is 47.6 Å². The molecule has 3 nitrogen and oxygen atoms in total. The largest absolute Gasteiger partial charge is 0.478 e. The highest BCUT2D eigenvalue weighted by molar-refractivity contribution is 5.95. The van der Waals surface area contributed by atoms with Crippen LogP contribution < -0.4 is 0 Å². The first kappa shape index (κ1) is 13.1. The molecule has 1 unspecified atom stereocenters. The second kappa shape index (κ2) is 5.63. The minimum Gasteiger partial charge on any atom is -0.478 e. The van der Waals surface area contributed by atoms with Gasteiger partial charge in [0.05, 0.1) is 6.61 Å². The van der Waals surface area contributed by atoms with Crippen LogP contribution in [0.4, 0.5) is 0 Å². The van der Waals surface area contributed by atoms with E-state index in [0.29, 0.717) is 12.5 Å². The Morgan fingerprint density at radius 1 is 1.25 bits per heavy atom. The molecule has 1 aromatic rings. The van der Waals surface area contributed by atoms with Crippen molar-refractivity contribution in [3.63, 3.8) is 0 Å². The van der Waals surface area contributed by atoms with Crippen molar-refractivity contribution in [1.29, 1.82) is 0 Å². The van der Waals surface area contributed by atoms with Crippen LogP contribution in [0, 0.1) is 5.92 Å². The summed E-state index contributed by atoms with van der Waals surface area (Å²) in [5.74, 6) is -0.309. The number of hydrogen-bond donors (Lipinski definition) is 1. The maximum absolute atomic E-state index is 11.2. The summed E-state index contributed by atoms with van der Waals surface area (Å²) < 4.78 is 5.57. The first-order valence-corrected chi connectivity index (χ1v) is 7.06. The molecule has 1 aliphatic carbocycles. The molecule has 3 heteroatoms. The second-order valence-corrected chi connectivity index (χ2v) is 5.34. The van der Waals surface area contributed by atoms with Crippen molar-refractivity contribution in [3.05, 3.63) is 53.1 Å². The predicted molar refractivity (Wildman–Crippen MR) is 77.2 cm³/mol. The SMILES string of the molecule is O=C(O)C=C(C1=C2COCCC2CC1)c1ccccc1. The lowest BCUT2D eigenvalue weighted by Crippen LogP contribution is -2.16. The molecule has 1 aromatic carbocycles. The number of hydrogen-bond acceptors (Lipinski definition) is 2. The van der Waals surface area contributed by atoms with Gasteiger partial charge in [-0.1, -0.05) is 30.3 Å². The minimum atomic E-state index is -0.892. The Morgan fingerprint density at radius 2 is 2.05 bits per heavy atom. The van der Waals surface area contributed by atoms with Gasteiger partial charge in [-0.25, -0.2) is 4.79 Å². The van der Waals surface area contributed by atoms with Crippen LogP contribution in [0.3, 0.4) is 0 Å². The van der Waals surface area contributed by atoms with Crippen LogP contribution in [0.2, 0.25) is 0 Å². The number of carbonyl (C=O) groups is 1. The molecule has 104 valence electrons. The van der Waals surface area contributed by atoms with E-state index in [-0.39, 0.29) is 0 Å². The summed E-state index contributed by atoms with van der Waals surface area (Å²) in [5, 5.41) is 9.17. The van der Waals surface area contributed by atoms with Crippen LogP contribution in [-0.4, -0.2) is 24.3 Å². The van der Waals surface area contributed by atoms with Crippen molar-refractivity contribution < 1.29 is 14.6 Å². The summed E-state index contributed by atoms with van der Waals surface area (Å²) in [6.45, 7) is 1.48. The molecule has 0 aromatic heterocycles. The highest BCUT2D eigenvalue weighted by Gasteiger charge is 2.30. The van der Waals surface area contributed by atoms with E-state index in [9.17, 15) is 9.90 Å². The summed E-state index contributed by atoms with van der Waals surface area (Å²) >= 11 is 0. The normalized spacial score (nSPS) is 22.8. The summed E-state index contributed by atoms with van der Waals surface area (Å²) in [7, 11) is 0. The first-order chi connectivity index (χ1) is 9.75. The minimum absolute atomic E-state index is 0.583. The molecular weight excluding hydrogens is 252 g/mol. The molecular formula is C17H18O3. The van der Waals surface area contributed by atoms with E-state index in [1.54, 1.807) is 0 Å². The van der Waals surface area contributed by atoms with E-state index < -0.39 is 5.97 Å². The third-order valence-electron chi connectivity index (χ3n) is 4.17. The number of allylic oxidation sites excluding steroid dienone is 2. The second-order valence-electron chi connectivity index (χ2n) is 5.34. The summed E-state index contributed by atoms with van der Waals surface area (Å²) in [6, 6.07) is 9.78. The Bertz CT molecular complexity index is 569. The van der Waals surface area contributed by atoms with E-state index in [0.717, 1.165) is 37.0 Å². The quantitative estimate of drug-likeness (QED) is 0.857. The lowest BCUT2D eigenvalue weighted by molar-refractivity contribution is -0.131. The molecule has 1 aliphatic heterocycles. The Labute approximate surface area is 118 Å². The van der Waals surface area contributed by atoms with Gasteiger partial charge in [-0.15, -0.1) is 0 Å². The first-order valence-electron chi connectivity index (χ1n) is 7.06. The van der Waals surface area contributed by atoms with E-state index >= 15 is 0 Å². The molecule has 0 radical (unpaired) electrons. The molecule has 0 bridgehead atoms. The monoisotopic (exact) mass is 270 g/mol. The maximum Gasteiger partial charge on any atom is 0.328 e. The molecule has 2 aliphatic rings. The molecule has 1 atom stereocenters. The highest BCUT2D eigenvalue weighted by Crippen LogP contribution is 2.42. The number of aliphatic carboxylic acids is 1. The van der Waals surface area contributed by atoms with Crippen LogP contribution in [-0.2, 0) is 9.53 Å². The van der Waals surface area contributed by atoms with Crippen LogP contribution in [0.5, 0.6) is 0 Å². The number of rotatable bonds is 3. The van der Waals surface area contributed by atoms with Gasteiger partial charge in [0, 0.05) is 12.7 Å². The average Bonchev–Trinajstić information content (AvgIpc) is 2.89. The number of carboxylic acid groups (broad SMARTS) is 1. The Balaban J connectivity index is 2.05. The number of carboxylic acids is 1. The van der Waals surface area contributed by atoms with E-state index in [1.807, 2.05) is 30.3 Å². The number of ether oxygens (including phenoxy) is 1. The Hall–Kier alpha value is -1.87. The van der Waals surface area contributed by atoms with Gasteiger partial charge < -0.3 is 9.84 Å². The smallest absolute Gasteiger partial charge is 0.328 e. The number of benzene rings is 1. The fraction of sp³-hybridized carbons (Fsp3) is 0.353. The van der Waals surface area contributed by atoms with Gasteiger partial charge in [0.2, 0.25) is 0 Å². The summed E-state index contributed by atoms with van der Waals surface area (Å²) in [6.07, 6.45) is 4.48. The predicted octanol–water partition coefficient (Wildman–Crippen LogP) is 3.28. The van der Waals surface area contributed by atoms with Crippen molar-refractivity contribution in [2.45, 2.75) is 19.3 Å². The topological polar surface area (TPSA) is 46.5 Å². The van der Waals surface area contributed by atoms with E-state index in [2.05, 4.69) is 0 Å². The molecule has 0 spiro atoms. The zero-order valence-electron chi connectivity index (χ0n) is 11.3. The van der Waals surface area contributed by atoms with Gasteiger partial charge in [-0.05, 0) is 47.5 Å². The lowest BCUT2D eigenvalue weighted by atomic mass is 9.92. The molecule has 1 N–H and O–H groups in total. The Morgan fingerprint density at radius 3 is 2.80 bits per heavy atom. The van der Waals surface area contributed by atoms with Gasteiger partial charge in [0.15, 0.2) is 0 Å². The average molecular weight is 270 g/mol. The molecule has 1 saturated heterocycles. The fourth-order valence-corrected chi connectivity index (χ4v) is 3.22. The van der Waals surface area contributed by atoms with Crippen LogP contribution in [0.1, 0.15) is 24.8 Å². The van der Waals surface area contributed by atoms with Crippen molar-refractivity contribution in [2.75, 3.05) is 13.2 Å². The highest BCUT2D eigenvalue weighted by atomic mass is 16.5. The van der Waals surface area contributed by atoms with E-state index in [1.165, 1.54) is 17.2 Å².